The largest absolute Gasteiger partial charge is 0.480 e. The van der Waals surface area contributed by atoms with Gasteiger partial charge in [-0.05, 0) is 31.6 Å². The van der Waals surface area contributed by atoms with Gasteiger partial charge in [-0.15, -0.1) is 0 Å². The van der Waals surface area contributed by atoms with Gasteiger partial charge >= 0.3 is 5.97 Å². The first-order valence-electron chi connectivity index (χ1n) is 6.68. The average Bonchev–Trinajstić information content (AvgIpc) is 3.09. The Labute approximate surface area is 97.8 Å². The van der Waals surface area contributed by atoms with E-state index < -0.39 is 5.97 Å². The van der Waals surface area contributed by atoms with Gasteiger partial charge in [0.15, 0.2) is 0 Å². The van der Waals surface area contributed by atoms with E-state index in [9.17, 15) is 4.79 Å². The van der Waals surface area contributed by atoms with Crippen molar-refractivity contribution in [1.29, 1.82) is 0 Å². The number of carbonyl (C=O) groups is 1. The van der Waals surface area contributed by atoms with Crippen LogP contribution in [0.4, 0.5) is 0 Å². The Morgan fingerprint density at radius 1 is 1.25 bits per heavy atom. The fourth-order valence-corrected chi connectivity index (χ4v) is 3.05. The van der Waals surface area contributed by atoms with Crippen molar-refractivity contribution in [3.63, 3.8) is 0 Å². The summed E-state index contributed by atoms with van der Waals surface area (Å²) >= 11 is 0. The van der Waals surface area contributed by atoms with E-state index in [1.54, 1.807) is 0 Å². The smallest absolute Gasteiger partial charge is 0.317 e. The van der Waals surface area contributed by atoms with Gasteiger partial charge in [-0.2, -0.15) is 0 Å². The summed E-state index contributed by atoms with van der Waals surface area (Å²) < 4.78 is 0. The third kappa shape index (κ3) is 2.97. The summed E-state index contributed by atoms with van der Waals surface area (Å²) in [5, 5.41) is 8.97. The van der Waals surface area contributed by atoms with Crippen LogP contribution in [0.2, 0.25) is 0 Å². The normalized spacial score (nSPS) is 30.6. The van der Waals surface area contributed by atoms with Gasteiger partial charge < -0.3 is 5.11 Å². The fraction of sp³-hybridized carbons (Fsp3) is 0.923. The summed E-state index contributed by atoms with van der Waals surface area (Å²) in [6.07, 6.45) is 8.73. The van der Waals surface area contributed by atoms with E-state index in [1.807, 2.05) is 0 Å². The van der Waals surface area contributed by atoms with Crippen LogP contribution in [0.3, 0.4) is 0 Å². The highest BCUT2D eigenvalue weighted by Crippen LogP contribution is 2.36. The van der Waals surface area contributed by atoms with Crippen LogP contribution in [0, 0.1) is 5.92 Å². The Bertz CT molecular complexity index is 250. The molecule has 92 valence electrons. The number of hydrogen-bond donors (Lipinski definition) is 1. The van der Waals surface area contributed by atoms with E-state index in [-0.39, 0.29) is 6.54 Å². The van der Waals surface area contributed by atoms with Gasteiger partial charge in [-0.1, -0.05) is 26.2 Å². The van der Waals surface area contributed by atoms with Crippen LogP contribution < -0.4 is 0 Å². The van der Waals surface area contributed by atoms with E-state index >= 15 is 0 Å². The maximum atomic E-state index is 10.9. The molecule has 0 aromatic rings. The summed E-state index contributed by atoms with van der Waals surface area (Å²) in [5.74, 6) is 0.166. The topological polar surface area (TPSA) is 40.5 Å². The number of hydrogen-bond acceptors (Lipinski definition) is 2. The first-order chi connectivity index (χ1) is 7.70. The zero-order valence-corrected chi connectivity index (χ0v) is 10.2. The molecule has 0 bridgehead atoms. The molecule has 16 heavy (non-hydrogen) atoms. The zero-order valence-electron chi connectivity index (χ0n) is 10.2. The third-order valence-corrected chi connectivity index (χ3v) is 4.14. The van der Waals surface area contributed by atoms with Crippen molar-refractivity contribution < 1.29 is 9.90 Å². The molecule has 2 aliphatic rings. The highest BCUT2D eigenvalue weighted by Gasteiger charge is 2.36. The van der Waals surface area contributed by atoms with Crippen molar-refractivity contribution in [3.05, 3.63) is 0 Å². The van der Waals surface area contributed by atoms with Crippen LogP contribution in [-0.2, 0) is 4.79 Å². The van der Waals surface area contributed by atoms with Crippen molar-refractivity contribution in [2.75, 3.05) is 6.54 Å². The van der Waals surface area contributed by atoms with Crippen LogP contribution in [-0.4, -0.2) is 34.6 Å². The molecular weight excluding hydrogens is 202 g/mol. The molecule has 2 rings (SSSR count). The van der Waals surface area contributed by atoms with Gasteiger partial charge in [0.2, 0.25) is 0 Å². The summed E-state index contributed by atoms with van der Waals surface area (Å²) in [6, 6.07) is 1.12. The Hall–Kier alpha value is -0.570. The lowest BCUT2D eigenvalue weighted by Gasteiger charge is -2.36. The third-order valence-electron chi connectivity index (χ3n) is 4.14. The molecule has 2 saturated carbocycles. The first-order valence-corrected chi connectivity index (χ1v) is 6.68. The number of carboxylic acid groups (broad SMARTS) is 1. The molecule has 3 heteroatoms. The number of nitrogens with zero attached hydrogens (tertiary/aromatic N) is 1. The quantitative estimate of drug-likeness (QED) is 0.781. The first kappa shape index (κ1) is 11.9. The number of carboxylic acids is 1. The van der Waals surface area contributed by atoms with Gasteiger partial charge in [0.1, 0.15) is 0 Å². The molecule has 0 spiro atoms. The van der Waals surface area contributed by atoms with Gasteiger partial charge in [-0.25, -0.2) is 0 Å². The Morgan fingerprint density at radius 2 is 2.00 bits per heavy atom. The average molecular weight is 225 g/mol. The molecule has 0 aromatic heterocycles. The highest BCUT2D eigenvalue weighted by molar-refractivity contribution is 5.69. The monoisotopic (exact) mass is 225 g/mol. The van der Waals surface area contributed by atoms with Crippen molar-refractivity contribution in [1.82, 2.24) is 4.90 Å². The standard InChI is InChI=1S/C13H23NO2/c1-2-10-4-3-5-12(8-10)14(9-13(15)16)11-6-7-11/h10-12H,2-9H2,1H3,(H,15,16). The van der Waals surface area contributed by atoms with Gasteiger partial charge in [-0.3, -0.25) is 9.69 Å². The van der Waals surface area contributed by atoms with Crippen molar-refractivity contribution >= 4 is 5.97 Å². The second-order valence-corrected chi connectivity index (χ2v) is 5.39. The molecule has 2 atom stereocenters. The minimum atomic E-state index is -0.662. The molecule has 2 aliphatic carbocycles. The van der Waals surface area contributed by atoms with E-state index in [1.165, 1.54) is 44.9 Å². The van der Waals surface area contributed by atoms with E-state index in [2.05, 4.69) is 11.8 Å². The predicted molar refractivity (Wildman–Crippen MR) is 63.4 cm³/mol. The Kier molecular flexibility index (Phi) is 3.85. The zero-order chi connectivity index (χ0) is 11.5. The Balaban J connectivity index is 1.93. The molecule has 0 amide bonds. The summed E-state index contributed by atoms with van der Waals surface area (Å²) in [5.41, 5.74) is 0. The predicted octanol–water partition coefficient (Wildman–Crippen LogP) is 2.50. The van der Waals surface area contributed by atoms with Crippen LogP contribution in [0.25, 0.3) is 0 Å². The van der Waals surface area contributed by atoms with Gasteiger partial charge in [0.25, 0.3) is 0 Å². The second-order valence-electron chi connectivity index (χ2n) is 5.39. The highest BCUT2D eigenvalue weighted by atomic mass is 16.4. The number of aliphatic carboxylic acids is 1. The SMILES string of the molecule is CCC1CCCC(N(CC(=O)O)C2CC2)C1. The summed E-state index contributed by atoms with van der Waals surface area (Å²) in [7, 11) is 0. The van der Waals surface area contributed by atoms with E-state index in [0.29, 0.717) is 12.1 Å². The summed E-state index contributed by atoms with van der Waals surface area (Å²) in [4.78, 5) is 13.2. The van der Waals surface area contributed by atoms with Crippen LogP contribution >= 0.6 is 0 Å². The maximum Gasteiger partial charge on any atom is 0.317 e. The van der Waals surface area contributed by atoms with Crippen molar-refractivity contribution in [2.24, 2.45) is 5.92 Å². The van der Waals surface area contributed by atoms with Crippen LogP contribution in [0.15, 0.2) is 0 Å². The Morgan fingerprint density at radius 3 is 2.56 bits per heavy atom. The lowest BCUT2D eigenvalue weighted by molar-refractivity contribution is -0.139. The molecule has 0 heterocycles. The molecular formula is C13H23NO2. The molecule has 1 N–H and O–H groups in total. The second kappa shape index (κ2) is 5.17. The molecule has 3 nitrogen and oxygen atoms in total. The van der Waals surface area contributed by atoms with E-state index in [4.69, 9.17) is 5.11 Å². The van der Waals surface area contributed by atoms with Gasteiger partial charge in [0.05, 0.1) is 6.54 Å². The van der Waals surface area contributed by atoms with Crippen LogP contribution in [0.1, 0.15) is 51.9 Å². The lowest BCUT2D eigenvalue weighted by Crippen LogP contribution is -2.43. The molecule has 2 fully saturated rings. The molecule has 0 aromatic carbocycles. The van der Waals surface area contributed by atoms with Crippen molar-refractivity contribution in [2.45, 2.75) is 64.0 Å². The molecule has 0 saturated heterocycles. The fourth-order valence-electron chi connectivity index (χ4n) is 3.05. The minimum Gasteiger partial charge on any atom is -0.480 e. The molecule has 2 unspecified atom stereocenters. The summed E-state index contributed by atoms with van der Waals surface area (Å²) in [6.45, 7) is 2.51. The van der Waals surface area contributed by atoms with Crippen LogP contribution in [0.5, 0.6) is 0 Å². The molecule has 0 radical (unpaired) electrons. The number of rotatable bonds is 5. The van der Waals surface area contributed by atoms with E-state index in [0.717, 1.165) is 5.92 Å². The molecule has 0 aliphatic heterocycles. The van der Waals surface area contributed by atoms with Gasteiger partial charge in [0, 0.05) is 12.1 Å². The minimum absolute atomic E-state index is 0.256. The lowest BCUT2D eigenvalue weighted by atomic mass is 9.83. The maximum absolute atomic E-state index is 10.9. The van der Waals surface area contributed by atoms with Crippen molar-refractivity contribution in [3.8, 4) is 0 Å².